The third-order valence-corrected chi connectivity index (χ3v) is 4.27. The lowest BCUT2D eigenvalue weighted by Crippen LogP contribution is -2.36. The summed E-state index contributed by atoms with van der Waals surface area (Å²) in [6.07, 6.45) is 0. The molecule has 0 saturated carbocycles. The minimum absolute atomic E-state index is 0.0218. The molecule has 1 aromatic rings. The van der Waals surface area contributed by atoms with Crippen molar-refractivity contribution in [1.82, 2.24) is 4.90 Å². The molecule has 1 heterocycles. The molecular formula is C14H21N3O3S. The molecule has 0 spiro atoms. The zero-order valence-electron chi connectivity index (χ0n) is 12.2. The fraction of sp³-hybridized carbons (Fsp3) is 0.571. The van der Waals surface area contributed by atoms with Gasteiger partial charge in [0, 0.05) is 37.7 Å². The second-order valence-corrected chi connectivity index (χ2v) is 5.95. The van der Waals surface area contributed by atoms with Gasteiger partial charge < -0.3 is 10.1 Å². The number of nitrogens with zero attached hydrogens (tertiary/aromatic N) is 2. The normalized spacial score (nSPS) is 15.7. The molecule has 0 unspecified atom stereocenters. The quantitative estimate of drug-likeness (QED) is 0.616. The third kappa shape index (κ3) is 4.50. The number of anilines is 1. The van der Waals surface area contributed by atoms with E-state index in [9.17, 15) is 10.1 Å². The van der Waals surface area contributed by atoms with Crippen molar-refractivity contribution in [3.05, 3.63) is 28.3 Å². The van der Waals surface area contributed by atoms with E-state index in [1.165, 1.54) is 11.5 Å². The highest BCUT2D eigenvalue weighted by molar-refractivity contribution is 7.99. The molecule has 21 heavy (non-hydrogen) atoms. The predicted molar refractivity (Wildman–Crippen MR) is 86.5 cm³/mol. The summed E-state index contributed by atoms with van der Waals surface area (Å²) in [7, 11) is 0. The van der Waals surface area contributed by atoms with Crippen LogP contribution in [0.2, 0.25) is 0 Å². The summed E-state index contributed by atoms with van der Waals surface area (Å²) in [5.74, 6) is 2.65. The second-order valence-electron chi connectivity index (χ2n) is 4.72. The van der Waals surface area contributed by atoms with Crippen LogP contribution in [0.15, 0.2) is 18.2 Å². The molecule has 0 aromatic heterocycles. The van der Waals surface area contributed by atoms with Crippen LogP contribution in [0.1, 0.15) is 6.92 Å². The maximum Gasteiger partial charge on any atom is 0.333 e. The monoisotopic (exact) mass is 311 g/mol. The Bertz CT molecular complexity index is 479. The van der Waals surface area contributed by atoms with E-state index in [2.05, 4.69) is 10.2 Å². The van der Waals surface area contributed by atoms with E-state index in [1.54, 1.807) is 18.2 Å². The highest BCUT2D eigenvalue weighted by atomic mass is 32.2. The van der Waals surface area contributed by atoms with Gasteiger partial charge >= 0.3 is 5.69 Å². The van der Waals surface area contributed by atoms with Crippen molar-refractivity contribution >= 4 is 23.1 Å². The van der Waals surface area contributed by atoms with E-state index >= 15 is 0 Å². The highest BCUT2D eigenvalue weighted by Gasteiger charge is 2.20. The number of nitro groups is 1. The zero-order valence-corrected chi connectivity index (χ0v) is 13.0. The molecule has 0 aliphatic carbocycles. The Labute approximate surface area is 129 Å². The maximum absolute atomic E-state index is 11.3. The molecule has 0 radical (unpaired) electrons. The first kappa shape index (κ1) is 15.9. The van der Waals surface area contributed by atoms with Gasteiger partial charge in [0.1, 0.15) is 5.69 Å². The lowest BCUT2D eigenvalue weighted by atomic mass is 10.2. The Morgan fingerprint density at radius 1 is 1.43 bits per heavy atom. The van der Waals surface area contributed by atoms with Crippen molar-refractivity contribution in [3.8, 4) is 5.75 Å². The summed E-state index contributed by atoms with van der Waals surface area (Å²) in [6, 6.07) is 5.14. The van der Waals surface area contributed by atoms with Crippen molar-refractivity contribution in [2.75, 3.05) is 49.6 Å². The molecule has 2 rings (SSSR count). The topological polar surface area (TPSA) is 67.6 Å². The van der Waals surface area contributed by atoms with Crippen molar-refractivity contribution in [1.29, 1.82) is 0 Å². The standard InChI is InChI=1S/C14H21N3O3S/c1-2-20-13-5-3-4-12(14(13)17(18)19)15-6-7-16-8-10-21-11-9-16/h3-5,15H,2,6-11H2,1H3. The van der Waals surface area contributed by atoms with Crippen LogP contribution in [0.4, 0.5) is 11.4 Å². The molecule has 1 saturated heterocycles. The van der Waals surface area contributed by atoms with Crippen molar-refractivity contribution < 1.29 is 9.66 Å². The van der Waals surface area contributed by atoms with E-state index < -0.39 is 0 Å². The van der Waals surface area contributed by atoms with Crippen LogP contribution in [0.5, 0.6) is 5.75 Å². The lowest BCUT2D eigenvalue weighted by molar-refractivity contribution is -0.384. The SMILES string of the molecule is CCOc1cccc(NCCN2CCSCC2)c1[N+](=O)[O-]. The van der Waals surface area contributed by atoms with Crippen molar-refractivity contribution in [2.45, 2.75) is 6.92 Å². The van der Waals surface area contributed by atoms with Crippen LogP contribution >= 0.6 is 11.8 Å². The number of hydrogen-bond donors (Lipinski definition) is 1. The Hall–Kier alpha value is -1.47. The van der Waals surface area contributed by atoms with Crippen LogP contribution in [0.25, 0.3) is 0 Å². The molecule has 1 N–H and O–H groups in total. The molecule has 0 atom stereocenters. The molecule has 1 aliphatic rings. The van der Waals surface area contributed by atoms with Gasteiger partial charge in [0.15, 0.2) is 5.75 Å². The van der Waals surface area contributed by atoms with E-state index in [1.807, 2.05) is 18.7 Å². The van der Waals surface area contributed by atoms with Gasteiger partial charge in [-0.1, -0.05) is 6.07 Å². The Morgan fingerprint density at radius 3 is 2.86 bits per heavy atom. The van der Waals surface area contributed by atoms with Crippen LogP contribution in [0.3, 0.4) is 0 Å². The molecule has 7 heteroatoms. The Morgan fingerprint density at radius 2 is 2.19 bits per heavy atom. The fourth-order valence-corrected chi connectivity index (χ4v) is 3.28. The third-order valence-electron chi connectivity index (χ3n) is 3.33. The Kier molecular flexibility index (Phi) is 6.13. The Balaban J connectivity index is 1.98. The van der Waals surface area contributed by atoms with Crippen molar-refractivity contribution in [3.63, 3.8) is 0 Å². The molecule has 0 amide bonds. The van der Waals surface area contributed by atoms with Gasteiger partial charge in [0.2, 0.25) is 0 Å². The van der Waals surface area contributed by atoms with Crippen LogP contribution in [0, 0.1) is 10.1 Å². The summed E-state index contributed by atoms with van der Waals surface area (Å²) in [4.78, 5) is 13.2. The van der Waals surface area contributed by atoms with Gasteiger partial charge in [-0.2, -0.15) is 11.8 Å². The summed E-state index contributed by atoms with van der Waals surface area (Å²) < 4.78 is 5.34. The first-order valence-electron chi connectivity index (χ1n) is 7.16. The molecule has 116 valence electrons. The zero-order chi connectivity index (χ0) is 15.1. The van der Waals surface area contributed by atoms with Gasteiger partial charge in [-0.15, -0.1) is 0 Å². The molecule has 0 bridgehead atoms. The minimum Gasteiger partial charge on any atom is -0.487 e. The van der Waals surface area contributed by atoms with E-state index in [4.69, 9.17) is 4.74 Å². The first-order valence-corrected chi connectivity index (χ1v) is 8.32. The summed E-state index contributed by atoms with van der Waals surface area (Å²) in [6.45, 7) is 6.01. The number of nitrogens with one attached hydrogen (secondary N) is 1. The summed E-state index contributed by atoms with van der Waals surface area (Å²) in [5, 5.41) is 14.4. The number of benzene rings is 1. The number of ether oxygens (including phenoxy) is 1. The van der Waals surface area contributed by atoms with E-state index in [0.29, 0.717) is 24.6 Å². The largest absolute Gasteiger partial charge is 0.487 e. The smallest absolute Gasteiger partial charge is 0.333 e. The van der Waals surface area contributed by atoms with Gasteiger partial charge in [0.05, 0.1) is 11.5 Å². The van der Waals surface area contributed by atoms with Gasteiger partial charge in [-0.25, -0.2) is 0 Å². The molecule has 1 aliphatic heterocycles. The highest BCUT2D eigenvalue weighted by Crippen LogP contribution is 2.34. The number of nitro benzene ring substituents is 1. The average Bonchev–Trinajstić information content (AvgIpc) is 2.48. The number of para-hydroxylation sites is 1. The molecule has 1 fully saturated rings. The van der Waals surface area contributed by atoms with Crippen LogP contribution in [-0.4, -0.2) is 54.1 Å². The van der Waals surface area contributed by atoms with Gasteiger partial charge in [-0.3, -0.25) is 15.0 Å². The molecule has 6 nitrogen and oxygen atoms in total. The average molecular weight is 311 g/mol. The fourth-order valence-electron chi connectivity index (χ4n) is 2.30. The van der Waals surface area contributed by atoms with E-state index in [-0.39, 0.29) is 10.6 Å². The second kappa shape index (κ2) is 8.09. The lowest BCUT2D eigenvalue weighted by Gasteiger charge is -2.26. The van der Waals surface area contributed by atoms with Crippen molar-refractivity contribution in [2.24, 2.45) is 0 Å². The maximum atomic E-state index is 11.3. The predicted octanol–water partition coefficient (Wildman–Crippen LogP) is 2.45. The summed E-state index contributed by atoms with van der Waals surface area (Å²) in [5.41, 5.74) is 0.547. The molecule has 1 aromatic carbocycles. The minimum atomic E-state index is -0.384. The van der Waals surface area contributed by atoms with Crippen LogP contribution < -0.4 is 10.1 Å². The first-order chi connectivity index (χ1) is 10.2. The summed E-state index contributed by atoms with van der Waals surface area (Å²) >= 11 is 1.97. The number of rotatable bonds is 7. The number of hydrogen-bond acceptors (Lipinski definition) is 6. The number of thioether (sulfide) groups is 1. The molecular weight excluding hydrogens is 290 g/mol. The van der Waals surface area contributed by atoms with Gasteiger partial charge in [0.25, 0.3) is 0 Å². The van der Waals surface area contributed by atoms with E-state index in [0.717, 1.165) is 19.6 Å². The van der Waals surface area contributed by atoms with Crippen LogP contribution in [-0.2, 0) is 0 Å². The van der Waals surface area contributed by atoms with Gasteiger partial charge in [-0.05, 0) is 19.1 Å².